The maximum atomic E-state index is 12.5. The zero-order chi connectivity index (χ0) is 19.5. The van der Waals surface area contributed by atoms with Gasteiger partial charge in [0.05, 0.1) is 6.04 Å². The molecule has 3 N–H and O–H groups in total. The van der Waals surface area contributed by atoms with Gasteiger partial charge < -0.3 is 11.1 Å². The van der Waals surface area contributed by atoms with Crippen molar-refractivity contribution < 1.29 is 4.79 Å². The molecule has 2 aliphatic carbocycles. The molecule has 1 atom stereocenters. The Balaban J connectivity index is 1.40. The molecule has 1 unspecified atom stereocenters. The smallest absolute Gasteiger partial charge is 0.137 e. The Hall–Kier alpha value is -2.29. The van der Waals surface area contributed by atoms with Crippen molar-refractivity contribution in [3.8, 4) is 0 Å². The summed E-state index contributed by atoms with van der Waals surface area (Å²) in [6, 6.07) is 13.1. The molecule has 2 aromatic carbocycles. The fourth-order valence-electron chi connectivity index (χ4n) is 4.85. The zero-order valence-corrected chi connectivity index (χ0v) is 17.0. The first-order chi connectivity index (χ1) is 13.6. The van der Waals surface area contributed by atoms with Crippen molar-refractivity contribution in [2.45, 2.75) is 70.8 Å². The van der Waals surface area contributed by atoms with E-state index in [1.54, 1.807) is 0 Å². The summed E-state index contributed by atoms with van der Waals surface area (Å²) in [4.78, 5) is 12.5. The molecule has 0 heterocycles. The van der Waals surface area contributed by atoms with Crippen molar-refractivity contribution in [2.24, 2.45) is 5.92 Å². The second-order valence-corrected chi connectivity index (χ2v) is 8.76. The lowest BCUT2D eigenvalue weighted by atomic mass is 9.95. The highest BCUT2D eigenvalue weighted by Crippen LogP contribution is 2.37. The molecule has 3 heteroatoms. The fraction of sp³-hybridized carbons (Fsp3) is 0.480. The number of nitrogens with one attached hydrogen (secondary N) is 1. The third kappa shape index (κ3) is 4.40. The average Bonchev–Trinajstić information content (AvgIpc) is 3.33. The number of ketones is 1. The van der Waals surface area contributed by atoms with Gasteiger partial charge in [0.15, 0.2) is 0 Å². The van der Waals surface area contributed by atoms with E-state index in [4.69, 9.17) is 5.73 Å². The van der Waals surface area contributed by atoms with Crippen LogP contribution in [0.2, 0.25) is 0 Å². The Morgan fingerprint density at radius 3 is 2.61 bits per heavy atom. The molecule has 0 spiro atoms. The summed E-state index contributed by atoms with van der Waals surface area (Å²) in [6.45, 7) is 2.10. The van der Waals surface area contributed by atoms with Crippen LogP contribution in [0.25, 0.3) is 0 Å². The lowest BCUT2D eigenvalue weighted by Crippen LogP contribution is -2.10. The molecule has 148 valence electrons. The summed E-state index contributed by atoms with van der Waals surface area (Å²) in [6.07, 6.45) is 9.67. The standard InChI is InChI=1S/C25H32N2O/c1-17-6-10-21(11-7-17)27-25-13-9-19-14-20(24(26)16-23(19)25)15-22(28)12-8-18-4-2-3-5-18/h6-7,10-11,14,16,18,25,27H,2-5,8-9,12-13,15,26H2,1H3. The number of hydrogen-bond donors (Lipinski definition) is 2. The molecule has 1 saturated carbocycles. The van der Waals surface area contributed by atoms with Crippen LogP contribution in [-0.4, -0.2) is 5.78 Å². The molecule has 0 saturated heterocycles. The van der Waals surface area contributed by atoms with Crippen molar-refractivity contribution in [2.75, 3.05) is 11.1 Å². The van der Waals surface area contributed by atoms with Gasteiger partial charge in [-0.3, -0.25) is 4.79 Å². The Labute approximate surface area is 168 Å². The SMILES string of the molecule is Cc1ccc(NC2CCc3cc(CC(=O)CCC4CCCC4)c(N)cc32)cc1. The van der Waals surface area contributed by atoms with Gasteiger partial charge in [-0.05, 0) is 67.0 Å². The third-order valence-corrected chi connectivity index (χ3v) is 6.57. The van der Waals surface area contributed by atoms with E-state index >= 15 is 0 Å². The van der Waals surface area contributed by atoms with Gasteiger partial charge in [0, 0.05) is 24.2 Å². The van der Waals surface area contributed by atoms with Gasteiger partial charge in [0.25, 0.3) is 0 Å². The molecule has 2 aromatic rings. The molecule has 0 aromatic heterocycles. The maximum absolute atomic E-state index is 12.5. The fourth-order valence-corrected chi connectivity index (χ4v) is 4.85. The quantitative estimate of drug-likeness (QED) is 0.604. The number of hydrogen-bond acceptors (Lipinski definition) is 3. The third-order valence-electron chi connectivity index (χ3n) is 6.57. The first-order valence-electron chi connectivity index (χ1n) is 10.8. The van der Waals surface area contributed by atoms with E-state index in [-0.39, 0.29) is 0 Å². The number of nitrogens with two attached hydrogens (primary N) is 1. The van der Waals surface area contributed by atoms with E-state index in [0.29, 0.717) is 24.7 Å². The maximum Gasteiger partial charge on any atom is 0.137 e. The van der Waals surface area contributed by atoms with Crippen LogP contribution in [0.1, 0.15) is 73.2 Å². The molecule has 1 fully saturated rings. The number of anilines is 2. The van der Waals surface area contributed by atoms with Gasteiger partial charge >= 0.3 is 0 Å². The predicted octanol–water partition coefficient (Wildman–Crippen LogP) is 5.76. The molecule has 4 rings (SSSR count). The van der Waals surface area contributed by atoms with E-state index in [1.165, 1.54) is 42.4 Å². The molecule has 3 nitrogen and oxygen atoms in total. The van der Waals surface area contributed by atoms with E-state index in [1.807, 2.05) is 0 Å². The number of carbonyl (C=O) groups is 1. The number of carbonyl (C=O) groups excluding carboxylic acids is 1. The van der Waals surface area contributed by atoms with Crippen LogP contribution in [0.15, 0.2) is 36.4 Å². The minimum absolute atomic E-state index is 0.298. The van der Waals surface area contributed by atoms with Crippen molar-refractivity contribution in [1.29, 1.82) is 0 Å². The second-order valence-electron chi connectivity index (χ2n) is 8.76. The van der Waals surface area contributed by atoms with Crippen LogP contribution >= 0.6 is 0 Å². The predicted molar refractivity (Wildman–Crippen MR) is 117 cm³/mol. The first-order valence-corrected chi connectivity index (χ1v) is 10.8. The number of rotatable bonds is 7. The van der Waals surface area contributed by atoms with Gasteiger partial charge in [0.2, 0.25) is 0 Å². The molecule has 2 aliphatic rings. The Bertz CT molecular complexity index is 834. The molecular formula is C25H32N2O. The van der Waals surface area contributed by atoms with Crippen molar-refractivity contribution in [1.82, 2.24) is 0 Å². The van der Waals surface area contributed by atoms with Crippen molar-refractivity contribution >= 4 is 17.2 Å². The highest BCUT2D eigenvalue weighted by Gasteiger charge is 2.24. The van der Waals surface area contributed by atoms with E-state index in [0.717, 1.165) is 42.1 Å². The number of fused-ring (bicyclic) bond motifs is 1. The van der Waals surface area contributed by atoms with Crippen LogP contribution in [-0.2, 0) is 17.6 Å². The van der Waals surface area contributed by atoms with E-state index in [9.17, 15) is 4.79 Å². The summed E-state index contributed by atoms with van der Waals surface area (Å²) >= 11 is 0. The first kappa shape index (κ1) is 19.0. The van der Waals surface area contributed by atoms with Gasteiger partial charge in [-0.2, -0.15) is 0 Å². The van der Waals surface area contributed by atoms with Crippen LogP contribution < -0.4 is 11.1 Å². The highest BCUT2D eigenvalue weighted by atomic mass is 16.1. The van der Waals surface area contributed by atoms with Crippen molar-refractivity contribution in [3.05, 3.63) is 58.7 Å². The molecule has 0 amide bonds. The summed E-state index contributed by atoms with van der Waals surface area (Å²) in [5.74, 6) is 1.11. The minimum atomic E-state index is 0.298. The molecule has 0 radical (unpaired) electrons. The second kappa shape index (κ2) is 8.38. The Morgan fingerprint density at radius 1 is 1.11 bits per heavy atom. The monoisotopic (exact) mass is 376 g/mol. The van der Waals surface area contributed by atoms with Gasteiger partial charge in [-0.25, -0.2) is 0 Å². The summed E-state index contributed by atoms with van der Waals surface area (Å²) in [7, 11) is 0. The summed E-state index contributed by atoms with van der Waals surface area (Å²) in [5.41, 5.74) is 13.2. The zero-order valence-electron chi connectivity index (χ0n) is 17.0. The van der Waals surface area contributed by atoms with Gasteiger partial charge in [0.1, 0.15) is 5.78 Å². The van der Waals surface area contributed by atoms with Crippen LogP contribution in [0.4, 0.5) is 11.4 Å². The van der Waals surface area contributed by atoms with Crippen LogP contribution in [0.3, 0.4) is 0 Å². The molecular weight excluding hydrogens is 344 g/mol. The lowest BCUT2D eigenvalue weighted by Gasteiger charge is -2.17. The van der Waals surface area contributed by atoms with E-state index in [2.05, 4.69) is 48.6 Å². The lowest BCUT2D eigenvalue weighted by molar-refractivity contribution is -0.118. The topological polar surface area (TPSA) is 55.1 Å². The Morgan fingerprint density at radius 2 is 1.86 bits per heavy atom. The summed E-state index contributed by atoms with van der Waals surface area (Å²) in [5, 5.41) is 3.64. The molecule has 28 heavy (non-hydrogen) atoms. The van der Waals surface area contributed by atoms with Gasteiger partial charge in [-0.1, -0.05) is 49.4 Å². The number of benzene rings is 2. The summed E-state index contributed by atoms with van der Waals surface area (Å²) < 4.78 is 0. The van der Waals surface area contributed by atoms with Crippen LogP contribution in [0, 0.1) is 12.8 Å². The molecule has 0 aliphatic heterocycles. The number of nitrogen functional groups attached to an aromatic ring is 1. The highest BCUT2D eigenvalue weighted by molar-refractivity contribution is 5.82. The number of aryl methyl sites for hydroxylation is 2. The Kier molecular flexibility index (Phi) is 5.70. The normalized spacial score (nSPS) is 19.0. The van der Waals surface area contributed by atoms with Crippen LogP contribution in [0.5, 0.6) is 0 Å². The van der Waals surface area contributed by atoms with E-state index < -0.39 is 0 Å². The average molecular weight is 377 g/mol. The largest absolute Gasteiger partial charge is 0.398 e. The van der Waals surface area contributed by atoms with Crippen molar-refractivity contribution in [3.63, 3.8) is 0 Å². The number of Topliss-reactive ketones (excluding diaryl/α,β-unsaturated/α-hetero) is 1. The molecule has 0 bridgehead atoms. The van der Waals surface area contributed by atoms with Gasteiger partial charge in [-0.15, -0.1) is 0 Å². The minimum Gasteiger partial charge on any atom is -0.398 e.